The Bertz CT molecular complexity index is 562. The van der Waals surface area contributed by atoms with E-state index >= 15 is 0 Å². The maximum absolute atomic E-state index is 13.2. The standard InChI is InChI=1S/C12H12F3N3S/c1-6-17-8(5-19-6)4-11(18-16)7-2-9(13)12(15)10(14)3-7/h2-3,5,11,18H,4,16H2,1H3. The van der Waals surface area contributed by atoms with Crippen LogP contribution in [0.3, 0.4) is 0 Å². The lowest BCUT2D eigenvalue weighted by Gasteiger charge is -2.15. The molecule has 0 spiro atoms. The minimum absolute atomic E-state index is 0.240. The number of aryl methyl sites for hydroxylation is 1. The molecule has 2 rings (SSSR count). The SMILES string of the molecule is Cc1nc(CC(NN)c2cc(F)c(F)c(F)c2)cs1. The van der Waals surface area contributed by atoms with Crippen molar-refractivity contribution in [1.29, 1.82) is 0 Å². The topological polar surface area (TPSA) is 50.9 Å². The summed E-state index contributed by atoms with van der Waals surface area (Å²) >= 11 is 1.47. The zero-order chi connectivity index (χ0) is 14.0. The molecule has 3 nitrogen and oxygen atoms in total. The summed E-state index contributed by atoms with van der Waals surface area (Å²) in [5.41, 5.74) is 3.46. The molecule has 3 N–H and O–H groups in total. The Morgan fingerprint density at radius 3 is 2.42 bits per heavy atom. The molecule has 7 heteroatoms. The van der Waals surface area contributed by atoms with Crippen molar-refractivity contribution in [2.24, 2.45) is 5.84 Å². The quantitative estimate of drug-likeness (QED) is 0.516. The summed E-state index contributed by atoms with van der Waals surface area (Å²) in [6.45, 7) is 1.86. The van der Waals surface area contributed by atoms with E-state index in [0.717, 1.165) is 22.8 Å². The van der Waals surface area contributed by atoms with Crippen LogP contribution in [-0.2, 0) is 6.42 Å². The molecule has 0 aliphatic rings. The third kappa shape index (κ3) is 3.12. The van der Waals surface area contributed by atoms with Gasteiger partial charge in [0.15, 0.2) is 17.5 Å². The molecule has 1 unspecified atom stereocenters. The molecule has 0 radical (unpaired) electrons. The second-order valence-electron chi connectivity index (χ2n) is 4.08. The number of halogens is 3. The van der Waals surface area contributed by atoms with Gasteiger partial charge in [0.2, 0.25) is 0 Å². The van der Waals surface area contributed by atoms with Gasteiger partial charge in [-0.25, -0.2) is 18.2 Å². The summed E-state index contributed by atoms with van der Waals surface area (Å²) in [7, 11) is 0. The van der Waals surface area contributed by atoms with Crippen LogP contribution in [0.15, 0.2) is 17.5 Å². The zero-order valence-corrected chi connectivity index (χ0v) is 10.9. The molecule has 0 bridgehead atoms. The molecule has 0 fully saturated rings. The monoisotopic (exact) mass is 287 g/mol. The number of nitrogens with two attached hydrogens (primary N) is 1. The smallest absolute Gasteiger partial charge is 0.194 e. The Kier molecular flexibility index (Phi) is 4.18. The lowest BCUT2D eigenvalue weighted by Crippen LogP contribution is -2.30. The summed E-state index contributed by atoms with van der Waals surface area (Å²) in [5, 5.41) is 2.73. The Morgan fingerprint density at radius 1 is 1.32 bits per heavy atom. The first-order valence-electron chi connectivity index (χ1n) is 5.53. The Balaban J connectivity index is 2.27. The van der Waals surface area contributed by atoms with Crippen molar-refractivity contribution in [3.05, 3.63) is 51.2 Å². The average molecular weight is 287 g/mol. The molecule has 0 amide bonds. The number of hydrogen-bond donors (Lipinski definition) is 2. The van der Waals surface area contributed by atoms with Gasteiger partial charge in [0.25, 0.3) is 0 Å². The van der Waals surface area contributed by atoms with Crippen LogP contribution < -0.4 is 11.3 Å². The van der Waals surface area contributed by atoms with Crippen LogP contribution >= 0.6 is 11.3 Å². The van der Waals surface area contributed by atoms with E-state index in [1.54, 1.807) is 0 Å². The molecule has 102 valence electrons. The number of aromatic nitrogens is 1. The van der Waals surface area contributed by atoms with Gasteiger partial charge in [-0.2, -0.15) is 0 Å². The van der Waals surface area contributed by atoms with Gasteiger partial charge in [0.05, 0.1) is 16.7 Å². The van der Waals surface area contributed by atoms with Gasteiger partial charge in [0.1, 0.15) is 0 Å². The Hall–Kier alpha value is -1.44. The number of nitrogens with one attached hydrogen (secondary N) is 1. The largest absolute Gasteiger partial charge is 0.271 e. The molecular weight excluding hydrogens is 275 g/mol. The first-order valence-corrected chi connectivity index (χ1v) is 6.40. The number of thiazole rings is 1. The van der Waals surface area contributed by atoms with Gasteiger partial charge in [0, 0.05) is 11.8 Å². The molecule has 0 aliphatic heterocycles. The fraction of sp³-hybridized carbons (Fsp3) is 0.250. The lowest BCUT2D eigenvalue weighted by molar-refractivity contribution is 0.439. The van der Waals surface area contributed by atoms with Crippen LogP contribution in [0.4, 0.5) is 13.2 Å². The van der Waals surface area contributed by atoms with Crippen LogP contribution in [0.5, 0.6) is 0 Å². The van der Waals surface area contributed by atoms with Crippen molar-refractivity contribution in [3.63, 3.8) is 0 Å². The predicted octanol–water partition coefficient (Wildman–Crippen LogP) is 2.62. The summed E-state index contributed by atoms with van der Waals surface area (Å²) in [4.78, 5) is 4.25. The molecule has 1 atom stereocenters. The summed E-state index contributed by atoms with van der Waals surface area (Å²) in [6, 6.07) is 1.33. The highest BCUT2D eigenvalue weighted by molar-refractivity contribution is 7.09. The van der Waals surface area contributed by atoms with Crippen molar-refractivity contribution < 1.29 is 13.2 Å². The molecular formula is C12H12F3N3S. The highest BCUT2D eigenvalue weighted by atomic mass is 32.1. The van der Waals surface area contributed by atoms with Crippen LogP contribution in [0.1, 0.15) is 22.3 Å². The van der Waals surface area contributed by atoms with Gasteiger partial charge in [-0.3, -0.25) is 11.3 Å². The van der Waals surface area contributed by atoms with Gasteiger partial charge in [-0.1, -0.05) is 0 Å². The summed E-state index contributed by atoms with van der Waals surface area (Å²) in [6.07, 6.45) is 0.366. The Labute approximate surface area is 112 Å². The van der Waals surface area contributed by atoms with Gasteiger partial charge in [-0.15, -0.1) is 11.3 Å². The van der Waals surface area contributed by atoms with E-state index in [-0.39, 0.29) is 5.56 Å². The predicted molar refractivity (Wildman–Crippen MR) is 66.9 cm³/mol. The number of hydrogen-bond acceptors (Lipinski definition) is 4. The third-order valence-electron chi connectivity index (χ3n) is 2.69. The minimum atomic E-state index is -1.48. The van der Waals surface area contributed by atoms with Crippen LogP contribution in [0.25, 0.3) is 0 Å². The van der Waals surface area contributed by atoms with Gasteiger partial charge < -0.3 is 0 Å². The van der Waals surface area contributed by atoms with E-state index in [1.807, 2.05) is 12.3 Å². The fourth-order valence-corrected chi connectivity index (χ4v) is 2.39. The number of nitrogens with zero attached hydrogens (tertiary/aromatic N) is 1. The van der Waals surface area contributed by atoms with E-state index in [2.05, 4.69) is 10.4 Å². The highest BCUT2D eigenvalue weighted by Gasteiger charge is 2.17. The molecule has 19 heavy (non-hydrogen) atoms. The van der Waals surface area contributed by atoms with Crippen molar-refractivity contribution in [1.82, 2.24) is 10.4 Å². The van der Waals surface area contributed by atoms with E-state index in [0.29, 0.717) is 6.42 Å². The van der Waals surface area contributed by atoms with E-state index in [9.17, 15) is 13.2 Å². The Morgan fingerprint density at radius 2 is 1.95 bits per heavy atom. The molecule has 1 aromatic carbocycles. The van der Waals surface area contributed by atoms with Crippen molar-refractivity contribution in [2.75, 3.05) is 0 Å². The second-order valence-corrected chi connectivity index (χ2v) is 5.14. The summed E-state index contributed by atoms with van der Waals surface area (Å²) < 4.78 is 39.3. The van der Waals surface area contributed by atoms with E-state index in [4.69, 9.17) is 5.84 Å². The molecule has 0 aliphatic carbocycles. The maximum Gasteiger partial charge on any atom is 0.194 e. The summed E-state index contributed by atoms with van der Waals surface area (Å²) in [5.74, 6) is 1.44. The first-order chi connectivity index (χ1) is 9.01. The maximum atomic E-state index is 13.2. The number of hydrazine groups is 1. The average Bonchev–Trinajstić information content (AvgIpc) is 2.78. The van der Waals surface area contributed by atoms with Gasteiger partial charge in [-0.05, 0) is 24.6 Å². The lowest BCUT2D eigenvalue weighted by atomic mass is 10.0. The van der Waals surface area contributed by atoms with E-state index < -0.39 is 23.5 Å². The highest BCUT2D eigenvalue weighted by Crippen LogP contribution is 2.22. The third-order valence-corrected chi connectivity index (χ3v) is 3.51. The first kappa shape index (κ1) is 14.0. The van der Waals surface area contributed by atoms with Crippen LogP contribution in [-0.4, -0.2) is 4.98 Å². The zero-order valence-electron chi connectivity index (χ0n) is 10.1. The van der Waals surface area contributed by atoms with Crippen LogP contribution in [0, 0.1) is 24.4 Å². The van der Waals surface area contributed by atoms with Crippen molar-refractivity contribution >= 4 is 11.3 Å². The second kappa shape index (κ2) is 5.68. The van der Waals surface area contributed by atoms with Gasteiger partial charge >= 0.3 is 0 Å². The molecule has 0 saturated carbocycles. The number of rotatable bonds is 4. The van der Waals surface area contributed by atoms with E-state index in [1.165, 1.54) is 11.3 Å². The van der Waals surface area contributed by atoms with Crippen LogP contribution in [0.2, 0.25) is 0 Å². The minimum Gasteiger partial charge on any atom is -0.271 e. The fourth-order valence-electron chi connectivity index (χ4n) is 1.76. The molecule has 0 saturated heterocycles. The molecule has 2 aromatic rings. The normalized spacial score (nSPS) is 12.7. The molecule has 1 aromatic heterocycles. The number of benzene rings is 1. The van der Waals surface area contributed by atoms with Crippen molar-refractivity contribution in [3.8, 4) is 0 Å². The molecule has 1 heterocycles. The van der Waals surface area contributed by atoms with Crippen molar-refractivity contribution in [2.45, 2.75) is 19.4 Å².